The fourth-order valence-electron chi connectivity index (χ4n) is 3.46. The summed E-state index contributed by atoms with van der Waals surface area (Å²) in [5.74, 6) is -1.30. The number of aliphatic carboxylic acids is 1. The molecular formula is C15H23NO5. The Balaban J connectivity index is 2.08. The minimum atomic E-state index is -0.995. The number of ether oxygens (including phenoxy) is 1. The third kappa shape index (κ3) is 3.43. The molecule has 118 valence electrons. The monoisotopic (exact) mass is 297 g/mol. The summed E-state index contributed by atoms with van der Waals surface area (Å²) >= 11 is 0. The Bertz CT molecular complexity index is 426. The summed E-state index contributed by atoms with van der Waals surface area (Å²) in [5, 5.41) is 8.83. The lowest BCUT2D eigenvalue weighted by molar-refractivity contribution is -0.147. The van der Waals surface area contributed by atoms with Gasteiger partial charge in [-0.3, -0.25) is 19.3 Å². The molecule has 6 nitrogen and oxygen atoms in total. The van der Waals surface area contributed by atoms with Crippen LogP contribution in [-0.2, 0) is 19.1 Å². The van der Waals surface area contributed by atoms with Gasteiger partial charge < -0.3 is 9.84 Å². The van der Waals surface area contributed by atoms with E-state index in [1.54, 1.807) is 0 Å². The van der Waals surface area contributed by atoms with Gasteiger partial charge in [0.05, 0.1) is 24.5 Å². The number of carboxylic acid groups (broad SMARTS) is 1. The van der Waals surface area contributed by atoms with Crippen molar-refractivity contribution in [2.45, 2.75) is 57.5 Å². The van der Waals surface area contributed by atoms with Gasteiger partial charge in [-0.05, 0) is 12.8 Å². The lowest BCUT2D eigenvalue weighted by atomic mass is 9.79. The summed E-state index contributed by atoms with van der Waals surface area (Å²) in [6.07, 6.45) is 5.15. The normalized spacial score (nSPS) is 23.4. The zero-order chi connectivity index (χ0) is 15.5. The number of amides is 2. The van der Waals surface area contributed by atoms with Gasteiger partial charge in [0.2, 0.25) is 11.8 Å². The van der Waals surface area contributed by atoms with Crippen molar-refractivity contribution in [3.05, 3.63) is 0 Å². The van der Waals surface area contributed by atoms with Crippen LogP contribution in [0, 0.1) is 5.41 Å². The van der Waals surface area contributed by atoms with Crippen molar-refractivity contribution in [2.24, 2.45) is 5.41 Å². The Hall–Kier alpha value is -1.43. The standard InChI is InChI=1S/C15H23NO5/c1-21-11(8-13(18)19)10-16-12(17)9-15(14(16)20)6-4-2-3-5-7-15/h11H,2-10H2,1H3,(H,18,19). The first-order valence-corrected chi connectivity index (χ1v) is 7.58. The summed E-state index contributed by atoms with van der Waals surface area (Å²) in [6, 6.07) is 0. The molecule has 21 heavy (non-hydrogen) atoms. The van der Waals surface area contributed by atoms with Gasteiger partial charge >= 0.3 is 5.97 Å². The predicted molar refractivity (Wildman–Crippen MR) is 74.5 cm³/mol. The number of imide groups is 1. The molecule has 1 aliphatic carbocycles. The Morgan fingerprint density at radius 2 is 1.90 bits per heavy atom. The Labute approximate surface area is 124 Å². The second kappa shape index (κ2) is 6.56. The topological polar surface area (TPSA) is 83.9 Å². The number of carboxylic acids is 1. The van der Waals surface area contributed by atoms with Crippen LogP contribution in [0.2, 0.25) is 0 Å². The zero-order valence-corrected chi connectivity index (χ0v) is 12.5. The van der Waals surface area contributed by atoms with Crippen molar-refractivity contribution < 1.29 is 24.2 Å². The number of carbonyl (C=O) groups excluding carboxylic acids is 2. The highest BCUT2D eigenvalue weighted by molar-refractivity contribution is 6.06. The lowest BCUT2D eigenvalue weighted by Crippen LogP contribution is -2.41. The van der Waals surface area contributed by atoms with E-state index in [2.05, 4.69) is 0 Å². The molecular weight excluding hydrogens is 274 g/mol. The van der Waals surface area contributed by atoms with E-state index in [1.165, 1.54) is 12.0 Å². The smallest absolute Gasteiger partial charge is 0.306 e. The van der Waals surface area contributed by atoms with Gasteiger partial charge in [-0.15, -0.1) is 0 Å². The number of nitrogens with zero attached hydrogens (tertiary/aromatic N) is 1. The maximum atomic E-state index is 12.7. The minimum absolute atomic E-state index is 0.0439. The SMILES string of the molecule is COC(CC(=O)O)CN1C(=O)CC2(CCCCCC2)C1=O. The van der Waals surface area contributed by atoms with Crippen molar-refractivity contribution in [3.8, 4) is 0 Å². The summed E-state index contributed by atoms with van der Waals surface area (Å²) in [5.41, 5.74) is -0.533. The van der Waals surface area contributed by atoms with E-state index in [0.717, 1.165) is 38.5 Å². The first kappa shape index (κ1) is 15.9. The van der Waals surface area contributed by atoms with Gasteiger partial charge in [-0.1, -0.05) is 25.7 Å². The van der Waals surface area contributed by atoms with Gasteiger partial charge in [0.1, 0.15) is 0 Å². The molecule has 0 aromatic rings. The van der Waals surface area contributed by atoms with Crippen LogP contribution in [0.5, 0.6) is 0 Å². The highest BCUT2D eigenvalue weighted by Crippen LogP contribution is 2.44. The number of carbonyl (C=O) groups is 3. The Kier molecular flexibility index (Phi) is 4.98. The second-order valence-corrected chi connectivity index (χ2v) is 6.14. The molecule has 0 aromatic carbocycles. The van der Waals surface area contributed by atoms with Crippen molar-refractivity contribution in [1.29, 1.82) is 0 Å². The second-order valence-electron chi connectivity index (χ2n) is 6.14. The van der Waals surface area contributed by atoms with Gasteiger partial charge in [0.15, 0.2) is 0 Å². The van der Waals surface area contributed by atoms with Crippen LogP contribution in [-0.4, -0.2) is 47.5 Å². The van der Waals surface area contributed by atoms with Crippen molar-refractivity contribution >= 4 is 17.8 Å². The molecule has 1 aliphatic heterocycles. The van der Waals surface area contributed by atoms with Crippen LogP contribution in [0.1, 0.15) is 51.4 Å². The molecule has 2 rings (SSSR count). The number of methoxy groups -OCH3 is 1. The highest BCUT2D eigenvalue weighted by Gasteiger charge is 2.51. The molecule has 1 heterocycles. The van der Waals surface area contributed by atoms with Gasteiger partial charge in [-0.25, -0.2) is 0 Å². The van der Waals surface area contributed by atoms with E-state index in [-0.39, 0.29) is 31.2 Å². The predicted octanol–water partition coefficient (Wildman–Crippen LogP) is 1.58. The molecule has 1 N–H and O–H groups in total. The summed E-state index contributed by atoms with van der Waals surface area (Å²) in [6.45, 7) is 0.0439. The molecule has 1 atom stereocenters. The van der Waals surface area contributed by atoms with E-state index in [9.17, 15) is 14.4 Å². The van der Waals surface area contributed by atoms with Crippen molar-refractivity contribution in [1.82, 2.24) is 4.90 Å². The number of hydrogen-bond acceptors (Lipinski definition) is 4. The van der Waals surface area contributed by atoms with Crippen molar-refractivity contribution in [2.75, 3.05) is 13.7 Å². The largest absolute Gasteiger partial charge is 0.481 e. The van der Waals surface area contributed by atoms with E-state index in [0.29, 0.717) is 0 Å². The maximum Gasteiger partial charge on any atom is 0.306 e. The maximum absolute atomic E-state index is 12.7. The quantitative estimate of drug-likeness (QED) is 0.779. The van der Waals surface area contributed by atoms with Crippen LogP contribution >= 0.6 is 0 Å². The molecule has 1 saturated carbocycles. The lowest BCUT2D eigenvalue weighted by Gasteiger charge is -2.26. The van der Waals surface area contributed by atoms with Gasteiger partial charge in [0, 0.05) is 13.5 Å². The van der Waals surface area contributed by atoms with Crippen LogP contribution in [0.4, 0.5) is 0 Å². The summed E-state index contributed by atoms with van der Waals surface area (Å²) in [7, 11) is 1.40. The van der Waals surface area contributed by atoms with Gasteiger partial charge in [0.25, 0.3) is 0 Å². The molecule has 2 aliphatic rings. The number of hydrogen-bond donors (Lipinski definition) is 1. The Morgan fingerprint density at radius 1 is 1.29 bits per heavy atom. The number of rotatable bonds is 5. The third-order valence-electron chi connectivity index (χ3n) is 4.67. The Morgan fingerprint density at radius 3 is 2.43 bits per heavy atom. The molecule has 1 spiro atoms. The fourth-order valence-corrected chi connectivity index (χ4v) is 3.46. The summed E-state index contributed by atoms with van der Waals surface area (Å²) < 4.78 is 5.09. The first-order chi connectivity index (χ1) is 9.98. The molecule has 0 aromatic heterocycles. The van der Waals surface area contributed by atoms with Crippen LogP contribution in [0.3, 0.4) is 0 Å². The van der Waals surface area contributed by atoms with E-state index in [4.69, 9.17) is 9.84 Å². The number of likely N-dealkylation sites (tertiary alicyclic amines) is 1. The molecule has 1 saturated heterocycles. The minimum Gasteiger partial charge on any atom is -0.481 e. The van der Waals surface area contributed by atoms with E-state index in [1.807, 2.05) is 0 Å². The fraction of sp³-hybridized carbons (Fsp3) is 0.800. The molecule has 2 amide bonds. The van der Waals surface area contributed by atoms with Gasteiger partial charge in [-0.2, -0.15) is 0 Å². The molecule has 0 bridgehead atoms. The van der Waals surface area contributed by atoms with Crippen molar-refractivity contribution in [3.63, 3.8) is 0 Å². The van der Waals surface area contributed by atoms with E-state index < -0.39 is 17.5 Å². The van der Waals surface area contributed by atoms with Crippen LogP contribution in [0.25, 0.3) is 0 Å². The van der Waals surface area contributed by atoms with Crippen LogP contribution in [0.15, 0.2) is 0 Å². The summed E-state index contributed by atoms with van der Waals surface area (Å²) in [4.78, 5) is 36.9. The average Bonchev–Trinajstić information content (AvgIpc) is 2.62. The molecule has 2 fully saturated rings. The molecule has 6 heteroatoms. The highest BCUT2D eigenvalue weighted by atomic mass is 16.5. The zero-order valence-electron chi connectivity index (χ0n) is 12.5. The van der Waals surface area contributed by atoms with E-state index >= 15 is 0 Å². The average molecular weight is 297 g/mol. The first-order valence-electron chi connectivity index (χ1n) is 7.58. The van der Waals surface area contributed by atoms with Crippen LogP contribution < -0.4 is 0 Å². The molecule has 1 unspecified atom stereocenters. The molecule has 0 radical (unpaired) electrons. The third-order valence-corrected chi connectivity index (χ3v) is 4.67.